The molecule has 1 aliphatic rings. The van der Waals surface area contributed by atoms with Gasteiger partial charge in [-0.1, -0.05) is 18.7 Å². The molecule has 1 aromatic heterocycles. The predicted molar refractivity (Wildman–Crippen MR) is 84.5 cm³/mol. The molecule has 2 heterocycles. The summed E-state index contributed by atoms with van der Waals surface area (Å²) in [6, 6.07) is 0. The number of rotatable bonds is 7. The van der Waals surface area contributed by atoms with Gasteiger partial charge in [-0.2, -0.15) is 0 Å². The topological polar surface area (TPSA) is 64.9 Å². The summed E-state index contributed by atoms with van der Waals surface area (Å²) in [7, 11) is 0. The second-order valence-corrected chi connectivity index (χ2v) is 7.88. The molecule has 0 spiro atoms. The highest BCUT2D eigenvalue weighted by Gasteiger charge is 2.46. The van der Waals surface area contributed by atoms with E-state index >= 15 is 0 Å². The normalized spacial score (nSPS) is 23.6. The minimum absolute atomic E-state index is 0.0812. The van der Waals surface area contributed by atoms with E-state index in [1.807, 2.05) is 4.68 Å². The fourth-order valence-corrected chi connectivity index (χ4v) is 4.13. The van der Waals surface area contributed by atoms with Gasteiger partial charge in [-0.05, 0) is 57.5 Å². The Kier molecular flexibility index (Phi) is 5.27. The smallest absolute Gasteiger partial charge is 0.209 e. The molecule has 0 aromatic carbocycles. The lowest BCUT2D eigenvalue weighted by Crippen LogP contribution is -2.31. The van der Waals surface area contributed by atoms with Gasteiger partial charge in [-0.15, -0.1) is 5.10 Å². The summed E-state index contributed by atoms with van der Waals surface area (Å²) < 4.78 is 8.02. The van der Waals surface area contributed by atoms with E-state index in [1.165, 1.54) is 0 Å². The maximum absolute atomic E-state index is 6.14. The Hall–Kier alpha value is -0.660. The summed E-state index contributed by atoms with van der Waals surface area (Å²) in [5.41, 5.74) is -0.243. The van der Waals surface area contributed by atoms with Gasteiger partial charge in [-0.3, -0.25) is 0 Å². The molecule has 1 fully saturated rings. The fourth-order valence-electron chi connectivity index (χ4n) is 2.73. The van der Waals surface area contributed by atoms with Gasteiger partial charge in [-0.25, -0.2) is 4.68 Å². The Bertz CT molecular complexity index is 460. The van der Waals surface area contributed by atoms with Crippen LogP contribution in [0.4, 0.5) is 0 Å². The van der Waals surface area contributed by atoms with Crippen molar-refractivity contribution < 1.29 is 4.74 Å². The van der Waals surface area contributed by atoms with E-state index in [9.17, 15) is 0 Å². The van der Waals surface area contributed by atoms with E-state index in [2.05, 4.69) is 55.5 Å². The average Bonchev–Trinajstić information content (AvgIpc) is 2.87. The zero-order valence-electron chi connectivity index (χ0n) is 13.7. The van der Waals surface area contributed by atoms with Gasteiger partial charge in [0.05, 0.1) is 17.7 Å². The molecule has 120 valence electrons. The first-order valence-electron chi connectivity index (χ1n) is 7.68. The van der Waals surface area contributed by atoms with Crippen molar-refractivity contribution in [2.24, 2.45) is 0 Å². The van der Waals surface area contributed by atoms with Crippen molar-refractivity contribution in [1.82, 2.24) is 25.5 Å². The Balaban J connectivity index is 1.96. The molecule has 1 saturated heterocycles. The second kappa shape index (κ2) is 6.62. The highest BCUT2D eigenvalue weighted by molar-refractivity contribution is 7.99. The SMILES string of the molecule is CCCNCCn1nnnc1SC1CC(C)(C)OC1(C)C. The lowest BCUT2D eigenvalue weighted by atomic mass is 10.0. The first kappa shape index (κ1) is 16.7. The maximum Gasteiger partial charge on any atom is 0.209 e. The van der Waals surface area contributed by atoms with E-state index in [0.29, 0.717) is 5.25 Å². The lowest BCUT2D eigenvalue weighted by Gasteiger charge is -2.26. The van der Waals surface area contributed by atoms with Gasteiger partial charge in [0, 0.05) is 11.8 Å². The summed E-state index contributed by atoms with van der Waals surface area (Å²) in [6.45, 7) is 13.5. The van der Waals surface area contributed by atoms with Crippen LogP contribution in [0.1, 0.15) is 47.5 Å². The third kappa shape index (κ3) is 4.40. The van der Waals surface area contributed by atoms with E-state index in [4.69, 9.17) is 4.74 Å². The van der Waals surface area contributed by atoms with Crippen LogP contribution in [0.5, 0.6) is 0 Å². The number of hydrogen-bond donors (Lipinski definition) is 1. The second-order valence-electron chi connectivity index (χ2n) is 6.71. The van der Waals surface area contributed by atoms with Crippen molar-refractivity contribution in [1.29, 1.82) is 0 Å². The van der Waals surface area contributed by atoms with Gasteiger partial charge in [0.1, 0.15) is 0 Å². The summed E-state index contributed by atoms with van der Waals surface area (Å²) in [6.07, 6.45) is 2.14. The van der Waals surface area contributed by atoms with Crippen LogP contribution in [0.25, 0.3) is 0 Å². The van der Waals surface area contributed by atoms with Crippen LogP contribution in [0, 0.1) is 0 Å². The van der Waals surface area contributed by atoms with Gasteiger partial charge in [0.2, 0.25) is 5.16 Å². The van der Waals surface area contributed by atoms with Crippen LogP contribution in [-0.4, -0.2) is 49.7 Å². The highest BCUT2D eigenvalue weighted by atomic mass is 32.2. The van der Waals surface area contributed by atoms with E-state index < -0.39 is 0 Å². The zero-order chi connectivity index (χ0) is 15.5. The van der Waals surface area contributed by atoms with Crippen LogP contribution >= 0.6 is 11.8 Å². The van der Waals surface area contributed by atoms with Crippen LogP contribution in [0.2, 0.25) is 0 Å². The molecule has 1 unspecified atom stereocenters. The van der Waals surface area contributed by atoms with Gasteiger partial charge in [0.25, 0.3) is 0 Å². The summed E-state index contributed by atoms with van der Waals surface area (Å²) in [4.78, 5) is 0. The van der Waals surface area contributed by atoms with Crippen molar-refractivity contribution in [3.63, 3.8) is 0 Å². The molecule has 21 heavy (non-hydrogen) atoms. The molecule has 1 aromatic rings. The van der Waals surface area contributed by atoms with E-state index in [-0.39, 0.29) is 11.2 Å². The van der Waals surface area contributed by atoms with Crippen molar-refractivity contribution in [2.45, 2.75) is 75.6 Å². The fraction of sp³-hybridized carbons (Fsp3) is 0.929. The number of nitrogens with zero attached hydrogens (tertiary/aromatic N) is 4. The summed E-state index contributed by atoms with van der Waals surface area (Å²) in [5.74, 6) is 0. The molecule has 1 atom stereocenters. The molecule has 0 radical (unpaired) electrons. The quantitative estimate of drug-likeness (QED) is 0.778. The number of nitrogens with one attached hydrogen (secondary N) is 1. The van der Waals surface area contributed by atoms with E-state index in [0.717, 1.165) is 37.6 Å². The van der Waals surface area contributed by atoms with Gasteiger partial charge < -0.3 is 10.1 Å². The minimum atomic E-state index is -0.161. The number of aromatic nitrogens is 4. The molecule has 0 aliphatic carbocycles. The molecule has 0 bridgehead atoms. The van der Waals surface area contributed by atoms with Crippen LogP contribution in [-0.2, 0) is 11.3 Å². The first-order chi connectivity index (χ1) is 9.84. The van der Waals surface area contributed by atoms with Gasteiger partial charge in [0.15, 0.2) is 0 Å². The molecular weight excluding hydrogens is 286 g/mol. The Morgan fingerprint density at radius 2 is 2.10 bits per heavy atom. The molecule has 1 N–H and O–H groups in total. The maximum atomic E-state index is 6.14. The molecule has 7 heteroatoms. The monoisotopic (exact) mass is 313 g/mol. The third-order valence-electron chi connectivity index (χ3n) is 3.67. The number of hydrogen-bond acceptors (Lipinski definition) is 6. The standard InChI is InChI=1S/C14H27N5OS/c1-6-7-15-8-9-19-12(16-17-18-19)21-11-10-13(2,3)20-14(11,4)5/h11,15H,6-10H2,1-5H3. The lowest BCUT2D eigenvalue weighted by molar-refractivity contribution is -0.0631. The van der Waals surface area contributed by atoms with Gasteiger partial charge >= 0.3 is 0 Å². The van der Waals surface area contributed by atoms with Crippen molar-refractivity contribution in [3.8, 4) is 0 Å². The van der Waals surface area contributed by atoms with Crippen LogP contribution in [0.15, 0.2) is 5.16 Å². The highest BCUT2D eigenvalue weighted by Crippen LogP contribution is 2.45. The van der Waals surface area contributed by atoms with Crippen molar-refractivity contribution in [2.75, 3.05) is 13.1 Å². The van der Waals surface area contributed by atoms with Crippen molar-refractivity contribution >= 4 is 11.8 Å². The largest absolute Gasteiger partial charge is 0.368 e. The summed E-state index contributed by atoms with van der Waals surface area (Å²) >= 11 is 1.73. The molecule has 0 amide bonds. The van der Waals surface area contributed by atoms with Crippen LogP contribution < -0.4 is 5.32 Å². The van der Waals surface area contributed by atoms with Crippen molar-refractivity contribution in [3.05, 3.63) is 0 Å². The first-order valence-corrected chi connectivity index (χ1v) is 8.56. The number of ether oxygens (including phenoxy) is 1. The zero-order valence-corrected chi connectivity index (χ0v) is 14.5. The molecule has 2 rings (SSSR count). The molecule has 1 aliphatic heterocycles. The minimum Gasteiger partial charge on any atom is -0.368 e. The van der Waals surface area contributed by atoms with Crippen LogP contribution in [0.3, 0.4) is 0 Å². The number of tetrazole rings is 1. The summed E-state index contributed by atoms with van der Waals surface area (Å²) in [5, 5.41) is 16.7. The molecule has 0 saturated carbocycles. The molecular formula is C14H27N5OS. The molecule has 6 nitrogen and oxygen atoms in total. The Morgan fingerprint density at radius 1 is 1.33 bits per heavy atom. The Morgan fingerprint density at radius 3 is 2.71 bits per heavy atom. The number of thioether (sulfide) groups is 1. The average molecular weight is 313 g/mol. The Labute approximate surface area is 131 Å². The predicted octanol–water partition coefficient (Wildman–Crippen LogP) is 2.11. The van der Waals surface area contributed by atoms with E-state index in [1.54, 1.807) is 11.8 Å². The third-order valence-corrected chi connectivity index (χ3v) is 5.19.